The van der Waals surface area contributed by atoms with E-state index in [0.717, 1.165) is 16.3 Å². The van der Waals surface area contributed by atoms with E-state index in [2.05, 4.69) is 15.4 Å². The van der Waals surface area contributed by atoms with Crippen molar-refractivity contribution in [3.8, 4) is 0 Å². The summed E-state index contributed by atoms with van der Waals surface area (Å²) in [7, 11) is -1.54. The Kier molecular flexibility index (Phi) is 4.92. The minimum atomic E-state index is -3.25. The van der Waals surface area contributed by atoms with E-state index in [1.807, 2.05) is 13.0 Å². The van der Waals surface area contributed by atoms with E-state index in [1.54, 1.807) is 37.5 Å². The van der Waals surface area contributed by atoms with Crippen LogP contribution in [0.3, 0.4) is 0 Å². The molecule has 0 saturated heterocycles. The number of hydrogen-bond donors (Lipinski definition) is 1. The maximum absolute atomic E-state index is 12.3. The van der Waals surface area contributed by atoms with Crippen LogP contribution < -0.4 is 5.32 Å². The highest BCUT2D eigenvalue weighted by atomic mass is 32.2. The lowest BCUT2D eigenvalue weighted by Gasteiger charge is -2.03. The van der Waals surface area contributed by atoms with Crippen molar-refractivity contribution >= 4 is 32.1 Å². The predicted molar refractivity (Wildman–Crippen MR) is 100 cm³/mol. The normalized spacial score (nSPS) is 11.5. The fraction of sp³-hybridized carbons (Fsp3) is 0.235. The molecule has 1 amide bonds. The highest BCUT2D eigenvalue weighted by molar-refractivity contribution is 7.90. The number of hydrogen-bond acceptors (Lipinski definition) is 6. The molecule has 0 aliphatic rings. The molecule has 136 valence electrons. The van der Waals surface area contributed by atoms with Crippen LogP contribution in [-0.2, 0) is 23.3 Å². The van der Waals surface area contributed by atoms with Gasteiger partial charge < -0.3 is 5.32 Å². The summed E-state index contributed by atoms with van der Waals surface area (Å²) in [6.07, 6.45) is 3.25. The first-order chi connectivity index (χ1) is 12.2. The van der Waals surface area contributed by atoms with Crippen LogP contribution in [0, 0.1) is 6.92 Å². The molecule has 3 rings (SSSR count). The first kappa shape index (κ1) is 18.3. The van der Waals surface area contributed by atoms with E-state index in [4.69, 9.17) is 0 Å². The Morgan fingerprint density at radius 3 is 2.73 bits per heavy atom. The highest BCUT2D eigenvalue weighted by Crippen LogP contribution is 2.27. The molecule has 0 fully saturated rings. The van der Waals surface area contributed by atoms with Crippen molar-refractivity contribution in [2.24, 2.45) is 7.05 Å². The Balaban J connectivity index is 1.79. The maximum Gasteiger partial charge on any atom is 0.274 e. The Labute approximate surface area is 155 Å². The SMILES string of the molecule is Cc1nc(Cc2cccc(S(C)(=O)=O)c2)sc1NC(=O)c1ccnn1C. The number of aryl methyl sites for hydroxylation is 2. The molecule has 2 heterocycles. The summed E-state index contributed by atoms with van der Waals surface area (Å²) in [4.78, 5) is 17.1. The summed E-state index contributed by atoms with van der Waals surface area (Å²) in [6.45, 7) is 1.83. The number of rotatable bonds is 5. The molecule has 0 aliphatic heterocycles. The van der Waals surface area contributed by atoms with Crippen molar-refractivity contribution in [1.82, 2.24) is 14.8 Å². The lowest BCUT2D eigenvalue weighted by molar-refractivity contribution is 0.101. The van der Waals surface area contributed by atoms with Crippen molar-refractivity contribution in [2.75, 3.05) is 11.6 Å². The number of nitrogens with zero attached hydrogens (tertiary/aromatic N) is 3. The Morgan fingerprint density at radius 2 is 2.08 bits per heavy atom. The minimum absolute atomic E-state index is 0.248. The number of anilines is 1. The van der Waals surface area contributed by atoms with Crippen LogP contribution in [-0.4, -0.2) is 35.3 Å². The van der Waals surface area contributed by atoms with Gasteiger partial charge in [-0.25, -0.2) is 13.4 Å². The van der Waals surface area contributed by atoms with Crippen LogP contribution in [0.5, 0.6) is 0 Å². The van der Waals surface area contributed by atoms with Gasteiger partial charge in [-0.3, -0.25) is 9.48 Å². The van der Waals surface area contributed by atoms with Gasteiger partial charge in [0.05, 0.1) is 15.6 Å². The first-order valence-corrected chi connectivity index (χ1v) is 10.5. The van der Waals surface area contributed by atoms with Crippen molar-refractivity contribution < 1.29 is 13.2 Å². The summed E-state index contributed by atoms with van der Waals surface area (Å²) in [6, 6.07) is 8.45. The first-order valence-electron chi connectivity index (χ1n) is 7.78. The van der Waals surface area contributed by atoms with Crippen molar-refractivity contribution in [1.29, 1.82) is 0 Å². The molecule has 0 unspecified atom stereocenters. The van der Waals surface area contributed by atoms with Gasteiger partial charge in [-0.05, 0) is 30.7 Å². The van der Waals surface area contributed by atoms with Gasteiger partial charge in [-0.15, -0.1) is 11.3 Å². The lowest BCUT2D eigenvalue weighted by atomic mass is 10.2. The molecule has 9 heteroatoms. The average Bonchev–Trinajstić information content (AvgIpc) is 3.13. The van der Waals surface area contributed by atoms with Gasteiger partial charge in [-0.1, -0.05) is 12.1 Å². The Morgan fingerprint density at radius 1 is 1.31 bits per heavy atom. The largest absolute Gasteiger partial charge is 0.311 e. The molecular weight excluding hydrogens is 372 g/mol. The number of thiazole rings is 1. The highest BCUT2D eigenvalue weighted by Gasteiger charge is 2.15. The van der Waals surface area contributed by atoms with Gasteiger partial charge in [0, 0.05) is 25.9 Å². The zero-order valence-electron chi connectivity index (χ0n) is 14.6. The third kappa shape index (κ3) is 4.00. The van der Waals surface area contributed by atoms with Gasteiger partial charge in [-0.2, -0.15) is 5.10 Å². The molecule has 0 saturated carbocycles. The van der Waals surface area contributed by atoms with Crippen molar-refractivity contribution in [3.05, 3.63) is 58.5 Å². The fourth-order valence-corrected chi connectivity index (χ4v) is 4.15. The Hall–Kier alpha value is -2.52. The van der Waals surface area contributed by atoms with Gasteiger partial charge in [0.1, 0.15) is 10.7 Å². The minimum Gasteiger partial charge on any atom is -0.311 e. The summed E-state index contributed by atoms with van der Waals surface area (Å²) in [5, 5.41) is 8.31. The molecule has 0 atom stereocenters. The number of sulfone groups is 1. The lowest BCUT2D eigenvalue weighted by Crippen LogP contribution is -2.15. The molecule has 3 aromatic rings. The quantitative estimate of drug-likeness (QED) is 0.722. The second kappa shape index (κ2) is 7.00. The number of benzene rings is 1. The number of carbonyl (C=O) groups is 1. The van der Waals surface area contributed by atoms with E-state index in [0.29, 0.717) is 17.1 Å². The number of amides is 1. The number of carbonyl (C=O) groups excluding carboxylic acids is 1. The molecule has 0 bridgehead atoms. The average molecular weight is 390 g/mol. The second-order valence-electron chi connectivity index (χ2n) is 5.91. The monoisotopic (exact) mass is 390 g/mol. The predicted octanol–water partition coefficient (Wildman–Crippen LogP) is 2.43. The van der Waals surface area contributed by atoms with Crippen LogP contribution >= 0.6 is 11.3 Å². The molecule has 0 radical (unpaired) electrons. The topological polar surface area (TPSA) is 93.9 Å². The van der Waals surface area contributed by atoms with E-state index >= 15 is 0 Å². The molecule has 2 aromatic heterocycles. The molecule has 1 N–H and O–H groups in total. The zero-order chi connectivity index (χ0) is 18.9. The summed E-state index contributed by atoms with van der Waals surface area (Å²) >= 11 is 1.38. The van der Waals surface area contributed by atoms with E-state index in [9.17, 15) is 13.2 Å². The smallest absolute Gasteiger partial charge is 0.274 e. The van der Waals surface area contributed by atoms with Gasteiger partial charge in [0.15, 0.2) is 9.84 Å². The summed E-state index contributed by atoms with van der Waals surface area (Å²) < 4.78 is 24.9. The van der Waals surface area contributed by atoms with Crippen LogP contribution in [0.15, 0.2) is 41.4 Å². The van der Waals surface area contributed by atoms with Crippen molar-refractivity contribution in [2.45, 2.75) is 18.2 Å². The molecule has 0 aliphatic carbocycles. The third-order valence-corrected chi connectivity index (χ3v) is 5.99. The number of nitrogens with one attached hydrogen (secondary N) is 1. The van der Waals surface area contributed by atoms with Crippen LogP contribution in [0.4, 0.5) is 5.00 Å². The fourth-order valence-electron chi connectivity index (χ4n) is 2.47. The third-order valence-electron chi connectivity index (χ3n) is 3.80. The Bertz CT molecular complexity index is 1070. The van der Waals surface area contributed by atoms with Crippen molar-refractivity contribution in [3.63, 3.8) is 0 Å². The van der Waals surface area contributed by atoms with Crippen LogP contribution in [0.1, 0.15) is 26.8 Å². The molecule has 7 nitrogen and oxygen atoms in total. The number of aromatic nitrogens is 3. The summed E-state index contributed by atoms with van der Waals surface area (Å²) in [5.41, 5.74) is 2.03. The molecule has 26 heavy (non-hydrogen) atoms. The van der Waals surface area contributed by atoms with Crippen LogP contribution in [0.2, 0.25) is 0 Å². The van der Waals surface area contributed by atoms with E-state index in [1.165, 1.54) is 22.3 Å². The van der Waals surface area contributed by atoms with E-state index < -0.39 is 9.84 Å². The van der Waals surface area contributed by atoms with Gasteiger partial charge >= 0.3 is 0 Å². The second-order valence-corrected chi connectivity index (χ2v) is 9.01. The molecular formula is C17H18N4O3S2. The van der Waals surface area contributed by atoms with Gasteiger partial charge in [0.2, 0.25) is 0 Å². The molecule has 0 spiro atoms. The zero-order valence-corrected chi connectivity index (χ0v) is 16.2. The standard InChI is InChI=1S/C17H18N4O3S2/c1-11-17(20-16(22)14-7-8-18-21(14)2)25-15(19-11)10-12-5-4-6-13(9-12)26(3,23)24/h4-9H,10H2,1-3H3,(H,20,22). The van der Waals surface area contributed by atoms with Gasteiger partial charge in [0.25, 0.3) is 5.91 Å². The van der Waals surface area contributed by atoms with E-state index in [-0.39, 0.29) is 10.8 Å². The molecule has 1 aromatic carbocycles. The van der Waals surface area contributed by atoms with Crippen LogP contribution in [0.25, 0.3) is 0 Å². The maximum atomic E-state index is 12.3. The summed E-state index contributed by atoms with van der Waals surface area (Å²) in [5.74, 6) is -0.248.